The zero-order chi connectivity index (χ0) is 18.0. The number of likely N-dealkylation sites (tertiary alicyclic amines) is 1. The molecule has 8 heteroatoms. The summed E-state index contributed by atoms with van der Waals surface area (Å²) < 4.78 is 0. The van der Waals surface area contributed by atoms with E-state index in [4.69, 9.17) is 0 Å². The Morgan fingerprint density at radius 2 is 2.24 bits per heavy atom. The van der Waals surface area contributed by atoms with E-state index in [0.29, 0.717) is 19.0 Å². The number of aromatic nitrogens is 2. The van der Waals surface area contributed by atoms with Gasteiger partial charge in [0.05, 0.1) is 11.3 Å². The molecule has 1 aliphatic heterocycles. The van der Waals surface area contributed by atoms with Crippen molar-refractivity contribution in [2.24, 2.45) is 0 Å². The monoisotopic (exact) mass is 361 g/mol. The maximum Gasteiger partial charge on any atom is 0.254 e. The van der Waals surface area contributed by atoms with Crippen molar-refractivity contribution in [1.29, 1.82) is 0 Å². The lowest BCUT2D eigenvalue weighted by atomic mass is 10.2. The molecular formula is C17H23N5O2S. The van der Waals surface area contributed by atoms with Crippen molar-refractivity contribution in [3.8, 4) is 0 Å². The molecule has 0 aliphatic carbocycles. The Labute approximate surface area is 150 Å². The SMILES string of the molecule is CN(C)c1nc(CN(C)[C@@H]2CCN(C(=O)c3ccsc3)C2)cc(=O)[nH]1. The molecule has 0 saturated carbocycles. The number of hydrogen-bond donors (Lipinski definition) is 1. The standard InChI is InChI=1S/C17H23N5O2S/c1-20(2)17-18-13(8-15(23)19-17)9-21(3)14-4-6-22(10-14)16(24)12-5-7-25-11-12/h5,7-8,11,14H,4,6,9-10H2,1-3H3,(H,18,19,23)/t14-/m1/s1. The Morgan fingerprint density at radius 1 is 1.44 bits per heavy atom. The highest BCUT2D eigenvalue weighted by Crippen LogP contribution is 2.19. The van der Waals surface area contributed by atoms with E-state index in [9.17, 15) is 9.59 Å². The Kier molecular flexibility index (Phi) is 5.19. The van der Waals surface area contributed by atoms with Gasteiger partial charge in [0.25, 0.3) is 11.5 Å². The van der Waals surface area contributed by atoms with Crippen LogP contribution in [0, 0.1) is 0 Å². The fraction of sp³-hybridized carbons (Fsp3) is 0.471. The third kappa shape index (κ3) is 4.08. The molecule has 7 nitrogen and oxygen atoms in total. The minimum Gasteiger partial charge on any atom is -0.348 e. The Morgan fingerprint density at radius 3 is 2.92 bits per heavy atom. The topological polar surface area (TPSA) is 72.5 Å². The lowest BCUT2D eigenvalue weighted by Gasteiger charge is -2.24. The first-order valence-corrected chi connectivity index (χ1v) is 9.17. The van der Waals surface area contributed by atoms with E-state index in [-0.39, 0.29) is 17.5 Å². The van der Waals surface area contributed by atoms with Crippen LogP contribution in [0.3, 0.4) is 0 Å². The van der Waals surface area contributed by atoms with Crippen LogP contribution in [0.1, 0.15) is 22.5 Å². The van der Waals surface area contributed by atoms with Gasteiger partial charge in [-0.05, 0) is 24.9 Å². The summed E-state index contributed by atoms with van der Waals surface area (Å²) in [7, 11) is 5.70. The van der Waals surface area contributed by atoms with E-state index in [1.54, 1.807) is 4.90 Å². The van der Waals surface area contributed by atoms with Crippen LogP contribution in [-0.2, 0) is 6.54 Å². The van der Waals surface area contributed by atoms with Gasteiger partial charge in [-0.1, -0.05) is 0 Å². The molecule has 0 unspecified atom stereocenters. The van der Waals surface area contributed by atoms with Gasteiger partial charge in [0.1, 0.15) is 0 Å². The maximum absolute atomic E-state index is 12.4. The summed E-state index contributed by atoms with van der Waals surface area (Å²) in [6, 6.07) is 3.67. The Bertz CT molecular complexity index is 787. The first-order valence-electron chi connectivity index (χ1n) is 8.23. The van der Waals surface area contributed by atoms with Gasteiger partial charge in [0, 0.05) is 51.2 Å². The number of amides is 1. The highest BCUT2D eigenvalue weighted by atomic mass is 32.1. The number of hydrogen-bond acceptors (Lipinski definition) is 6. The summed E-state index contributed by atoms with van der Waals surface area (Å²) in [5.41, 5.74) is 1.35. The number of rotatable bonds is 5. The van der Waals surface area contributed by atoms with Gasteiger partial charge in [-0.3, -0.25) is 19.5 Å². The van der Waals surface area contributed by atoms with Crippen LogP contribution in [0.4, 0.5) is 5.95 Å². The Balaban J connectivity index is 1.64. The van der Waals surface area contributed by atoms with Crippen LogP contribution in [0.15, 0.2) is 27.7 Å². The van der Waals surface area contributed by atoms with Gasteiger partial charge >= 0.3 is 0 Å². The molecule has 2 aromatic heterocycles. The quantitative estimate of drug-likeness (QED) is 0.868. The number of likely N-dealkylation sites (N-methyl/N-ethyl adjacent to an activating group) is 1. The minimum absolute atomic E-state index is 0.0984. The summed E-state index contributed by atoms with van der Waals surface area (Å²) >= 11 is 1.54. The molecule has 1 N–H and O–H groups in total. The van der Waals surface area contributed by atoms with E-state index in [0.717, 1.165) is 24.2 Å². The van der Waals surface area contributed by atoms with Crippen molar-refractivity contribution in [1.82, 2.24) is 19.8 Å². The summed E-state index contributed by atoms with van der Waals surface area (Å²) in [4.78, 5) is 37.3. The van der Waals surface area contributed by atoms with E-state index < -0.39 is 0 Å². The highest BCUT2D eigenvalue weighted by molar-refractivity contribution is 7.08. The third-order valence-electron chi connectivity index (χ3n) is 4.46. The molecule has 3 heterocycles. The molecule has 3 rings (SSSR count). The summed E-state index contributed by atoms with van der Waals surface area (Å²) in [6.45, 7) is 2.04. The van der Waals surface area contributed by atoms with Crippen molar-refractivity contribution < 1.29 is 4.79 Å². The molecule has 1 atom stereocenters. The molecule has 1 aliphatic rings. The van der Waals surface area contributed by atoms with Crippen molar-refractivity contribution in [3.63, 3.8) is 0 Å². The number of nitrogens with zero attached hydrogens (tertiary/aromatic N) is 4. The number of carbonyl (C=O) groups is 1. The molecule has 0 bridgehead atoms. The van der Waals surface area contributed by atoms with Crippen molar-refractivity contribution in [3.05, 3.63) is 44.5 Å². The van der Waals surface area contributed by atoms with Crippen LogP contribution < -0.4 is 10.5 Å². The first kappa shape index (κ1) is 17.6. The van der Waals surface area contributed by atoms with Gasteiger partial charge in [0.2, 0.25) is 5.95 Å². The molecule has 134 valence electrons. The molecule has 1 fully saturated rings. The van der Waals surface area contributed by atoms with E-state index >= 15 is 0 Å². The molecule has 1 amide bonds. The number of anilines is 1. The van der Waals surface area contributed by atoms with Gasteiger partial charge in [-0.25, -0.2) is 4.98 Å². The predicted molar refractivity (Wildman–Crippen MR) is 99.3 cm³/mol. The van der Waals surface area contributed by atoms with Gasteiger partial charge in [0.15, 0.2) is 0 Å². The van der Waals surface area contributed by atoms with Crippen LogP contribution in [0.5, 0.6) is 0 Å². The van der Waals surface area contributed by atoms with Crippen molar-refractivity contribution in [2.75, 3.05) is 39.1 Å². The van der Waals surface area contributed by atoms with Crippen molar-refractivity contribution >= 4 is 23.2 Å². The van der Waals surface area contributed by atoms with E-state index in [2.05, 4.69) is 14.9 Å². The summed E-state index contributed by atoms with van der Waals surface area (Å²) in [6.07, 6.45) is 0.927. The largest absolute Gasteiger partial charge is 0.348 e. The summed E-state index contributed by atoms with van der Waals surface area (Å²) in [5.74, 6) is 0.651. The van der Waals surface area contributed by atoms with Gasteiger partial charge < -0.3 is 9.80 Å². The number of carbonyl (C=O) groups excluding carboxylic acids is 1. The molecular weight excluding hydrogens is 338 g/mol. The third-order valence-corrected chi connectivity index (χ3v) is 5.14. The molecule has 2 aromatic rings. The normalized spacial score (nSPS) is 17.3. The number of thiophene rings is 1. The molecule has 1 saturated heterocycles. The zero-order valence-corrected chi connectivity index (χ0v) is 15.5. The van der Waals surface area contributed by atoms with Gasteiger partial charge in [-0.2, -0.15) is 11.3 Å². The molecule has 25 heavy (non-hydrogen) atoms. The van der Waals surface area contributed by atoms with E-state index in [1.165, 1.54) is 17.4 Å². The second kappa shape index (κ2) is 7.37. The van der Waals surface area contributed by atoms with Crippen molar-refractivity contribution in [2.45, 2.75) is 19.0 Å². The second-order valence-corrected chi connectivity index (χ2v) is 7.36. The Hall–Kier alpha value is -2.19. The first-order chi connectivity index (χ1) is 11.9. The van der Waals surface area contributed by atoms with Crippen LogP contribution >= 0.6 is 11.3 Å². The maximum atomic E-state index is 12.4. The average molecular weight is 361 g/mol. The highest BCUT2D eigenvalue weighted by Gasteiger charge is 2.29. The molecule has 0 aromatic carbocycles. The fourth-order valence-corrected chi connectivity index (χ4v) is 3.66. The summed E-state index contributed by atoms with van der Waals surface area (Å²) in [5, 5.41) is 3.82. The van der Waals surface area contributed by atoms with Crippen LogP contribution in [0.2, 0.25) is 0 Å². The fourth-order valence-electron chi connectivity index (χ4n) is 3.03. The number of H-pyrrole nitrogens is 1. The number of aromatic amines is 1. The minimum atomic E-state index is -0.150. The van der Waals surface area contributed by atoms with E-state index in [1.807, 2.05) is 42.9 Å². The molecule has 0 spiro atoms. The van der Waals surface area contributed by atoms with Gasteiger partial charge in [-0.15, -0.1) is 0 Å². The predicted octanol–water partition coefficient (Wildman–Crippen LogP) is 1.24. The number of nitrogens with one attached hydrogen (secondary N) is 1. The van der Waals surface area contributed by atoms with Crippen LogP contribution in [0.25, 0.3) is 0 Å². The lowest BCUT2D eigenvalue weighted by molar-refractivity contribution is 0.0780. The average Bonchev–Trinajstić information content (AvgIpc) is 3.25. The lowest BCUT2D eigenvalue weighted by Crippen LogP contribution is -2.36. The second-order valence-electron chi connectivity index (χ2n) is 6.58. The zero-order valence-electron chi connectivity index (χ0n) is 14.7. The smallest absolute Gasteiger partial charge is 0.254 e. The van der Waals surface area contributed by atoms with Crippen LogP contribution in [-0.4, -0.2) is 65.9 Å². The molecule has 0 radical (unpaired) electrons.